The zero-order valence-electron chi connectivity index (χ0n) is 16.3. The number of ketones is 2. The third-order valence-corrected chi connectivity index (χ3v) is 5.37. The highest BCUT2D eigenvalue weighted by Crippen LogP contribution is 2.32. The fourth-order valence-electron chi connectivity index (χ4n) is 3.78. The lowest BCUT2D eigenvalue weighted by atomic mass is 9.79. The maximum Gasteiger partial charge on any atom is 0.337 e. The zero-order chi connectivity index (χ0) is 19.9. The van der Waals surface area contributed by atoms with Gasteiger partial charge in [0.05, 0.1) is 31.5 Å². The molecule has 3 rings (SSSR count). The number of rotatable bonds is 6. The first kappa shape index (κ1) is 20.4. The van der Waals surface area contributed by atoms with E-state index in [-0.39, 0.29) is 17.5 Å². The Kier molecular flexibility index (Phi) is 7.12. The molecule has 1 aromatic rings. The molecule has 1 saturated heterocycles. The number of nitrogens with zero attached hydrogens (tertiary/aromatic N) is 1. The van der Waals surface area contributed by atoms with Crippen LogP contribution in [0.15, 0.2) is 35.9 Å². The first-order valence-electron chi connectivity index (χ1n) is 9.83. The highest BCUT2D eigenvalue weighted by atomic mass is 16.5. The number of hydrogen-bond donors (Lipinski definition) is 0. The second kappa shape index (κ2) is 9.75. The van der Waals surface area contributed by atoms with Crippen molar-refractivity contribution in [3.8, 4) is 0 Å². The Bertz CT molecular complexity index is 744. The predicted octanol–water partition coefficient (Wildman–Crippen LogP) is 2.53. The second-order valence-electron chi connectivity index (χ2n) is 7.28. The molecular formula is C22H27NO5. The summed E-state index contributed by atoms with van der Waals surface area (Å²) in [5.74, 6) is -0.807. The van der Waals surface area contributed by atoms with Crippen LogP contribution in [-0.2, 0) is 19.1 Å². The average Bonchev–Trinajstić information content (AvgIpc) is 2.72. The summed E-state index contributed by atoms with van der Waals surface area (Å²) < 4.78 is 10.1. The molecule has 0 bridgehead atoms. The number of esters is 1. The van der Waals surface area contributed by atoms with Gasteiger partial charge in [0.1, 0.15) is 0 Å². The molecule has 0 radical (unpaired) electrons. The van der Waals surface area contributed by atoms with E-state index in [1.54, 1.807) is 18.2 Å². The minimum atomic E-state index is -0.420. The molecule has 2 fully saturated rings. The van der Waals surface area contributed by atoms with E-state index in [1.807, 2.05) is 12.1 Å². The third kappa shape index (κ3) is 5.14. The van der Waals surface area contributed by atoms with Crippen molar-refractivity contribution < 1.29 is 23.9 Å². The quantitative estimate of drug-likeness (QED) is 0.324. The van der Waals surface area contributed by atoms with Crippen molar-refractivity contribution in [2.45, 2.75) is 31.6 Å². The molecule has 0 spiro atoms. The molecule has 1 aliphatic heterocycles. The van der Waals surface area contributed by atoms with Crippen LogP contribution < -0.4 is 0 Å². The summed E-state index contributed by atoms with van der Waals surface area (Å²) in [6.45, 7) is 4.40. The van der Waals surface area contributed by atoms with Crippen LogP contribution in [0.5, 0.6) is 0 Å². The Labute approximate surface area is 165 Å². The van der Waals surface area contributed by atoms with Crippen LogP contribution in [0.25, 0.3) is 0 Å². The first-order valence-corrected chi connectivity index (χ1v) is 9.83. The summed E-state index contributed by atoms with van der Waals surface area (Å²) >= 11 is 0. The Balaban J connectivity index is 1.57. The molecule has 150 valence electrons. The van der Waals surface area contributed by atoms with Gasteiger partial charge in [-0.15, -0.1) is 0 Å². The largest absolute Gasteiger partial charge is 0.465 e. The molecular weight excluding hydrogens is 358 g/mol. The molecule has 0 N–H and O–H groups in total. The van der Waals surface area contributed by atoms with Gasteiger partial charge in [-0.3, -0.25) is 14.5 Å². The lowest BCUT2D eigenvalue weighted by molar-refractivity contribution is -0.124. The van der Waals surface area contributed by atoms with Gasteiger partial charge in [-0.1, -0.05) is 18.2 Å². The number of morpholine rings is 1. The molecule has 0 atom stereocenters. The molecule has 1 aliphatic carbocycles. The van der Waals surface area contributed by atoms with Gasteiger partial charge in [0.2, 0.25) is 0 Å². The monoisotopic (exact) mass is 385 g/mol. The van der Waals surface area contributed by atoms with Crippen molar-refractivity contribution in [2.75, 3.05) is 40.0 Å². The number of ether oxygens (including phenoxy) is 2. The number of benzene rings is 1. The predicted molar refractivity (Wildman–Crippen MR) is 104 cm³/mol. The maximum atomic E-state index is 12.6. The van der Waals surface area contributed by atoms with E-state index in [4.69, 9.17) is 9.47 Å². The van der Waals surface area contributed by atoms with Crippen molar-refractivity contribution in [3.05, 3.63) is 47.0 Å². The van der Waals surface area contributed by atoms with Crippen molar-refractivity contribution >= 4 is 17.5 Å². The number of unbranched alkanes of at least 4 members (excludes halogenated alkanes) is 1. The van der Waals surface area contributed by atoms with Gasteiger partial charge in [-0.25, -0.2) is 4.79 Å². The molecule has 1 saturated carbocycles. The zero-order valence-corrected chi connectivity index (χ0v) is 16.3. The van der Waals surface area contributed by atoms with Crippen LogP contribution in [0.1, 0.15) is 47.5 Å². The summed E-state index contributed by atoms with van der Waals surface area (Å²) in [5.41, 5.74) is 1.61. The molecule has 0 unspecified atom stereocenters. The van der Waals surface area contributed by atoms with E-state index >= 15 is 0 Å². The van der Waals surface area contributed by atoms with Crippen LogP contribution in [-0.4, -0.2) is 62.4 Å². The molecule has 1 heterocycles. The average molecular weight is 385 g/mol. The number of methoxy groups -OCH3 is 1. The van der Waals surface area contributed by atoms with Gasteiger partial charge in [0, 0.05) is 25.9 Å². The minimum Gasteiger partial charge on any atom is -0.465 e. The van der Waals surface area contributed by atoms with Crippen LogP contribution in [0, 0.1) is 0 Å². The fraction of sp³-hybridized carbons (Fsp3) is 0.500. The molecule has 6 nitrogen and oxygen atoms in total. The first-order chi connectivity index (χ1) is 13.6. The molecule has 1 aromatic carbocycles. The van der Waals surface area contributed by atoms with E-state index in [9.17, 15) is 14.4 Å². The number of Topliss-reactive ketones (excluding diaryl/α,β-unsaturated/α-hetero) is 2. The standard InChI is InChI=1S/C22H27NO5/c1-27-22(26)17-6-4-5-16(13-17)18-14-20(24)19(21(25)15-18)7-2-3-8-23-9-11-28-12-10-23/h4-7,13,18H,2-3,8-12,14-15H2,1H3. The highest BCUT2D eigenvalue weighted by Gasteiger charge is 2.31. The molecule has 0 amide bonds. The normalized spacial score (nSPS) is 20.9. The number of carbonyl (C=O) groups is 3. The van der Waals surface area contributed by atoms with Crippen molar-refractivity contribution in [1.29, 1.82) is 0 Å². The number of carbonyl (C=O) groups excluding carboxylic acids is 3. The highest BCUT2D eigenvalue weighted by molar-refractivity contribution is 6.22. The summed E-state index contributed by atoms with van der Waals surface area (Å²) in [6, 6.07) is 7.00. The van der Waals surface area contributed by atoms with Gasteiger partial charge >= 0.3 is 5.97 Å². The minimum absolute atomic E-state index is 0.101. The lowest BCUT2D eigenvalue weighted by Gasteiger charge is -2.26. The Morgan fingerprint density at radius 2 is 1.93 bits per heavy atom. The summed E-state index contributed by atoms with van der Waals surface area (Å²) in [5, 5.41) is 0. The Morgan fingerprint density at radius 1 is 1.21 bits per heavy atom. The fourth-order valence-corrected chi connectivity index (χ4v) is 3.78. The van der Waals surface area contributed by atoms with Gasteiger partial charge in [0.15, 0.2) is 11.6 Å². The number of hydrogen-bond acceptors (Lipinski definition) is 6. The van der Waals surface area contributed by atoms with E-state index in [0.29, 0.717) is 24.0 Å². The van der Waals surface area contributed by atoms with Crippen LogP contribution in [0.4, 0.5) is 0 Å². The summed E-state index contributed by atoms with van der Waals surface area (Å²) in [6.07, 6.45) is 4.06. The maximum absolute atomic E-state index is 12.6. The topological polar surface area (TPSA) is 72.9 Å². The number of allylic oxidation sites excluding steroid dienone is 2. The second-order valence-corrected chi connectivity index (χ2v) is 7.28. The van der Waals surface area contributed by atoms with Gasteiger partial charge in [-0.05, 0) is 43.0 Å². The van der Waals surface area contributed by atoms with Gasteiger partial charge < -0.3 is 9.47 Å². The van der Waals surface area contributed by atoms with Gasteiger partial charge in [-0.2, -0.15) is 0 Å². The third-order valence-electron chi connectivity index (χ3n) is 5.37. The smallest absolute Gasteiger partial charge is 0.337 e. The van der Waals surface area contributed by atoms with Crippen LogP contribution >= 0.6 is 0 Å². The SMILES string of the molecule is COC(=O)c1cccc(C2CC(=O)C(=CCCCN3CCOCC3)C(=O)C2)c1. The van der Waals surface area contributed by atoms with E-state index in [0.717, 1.165) is 51.3 Å². The summed E-state index contributed by atoms with van der Waals surface area (Å²) in [7, 11) is 1.33. The Hall–Kier alpha value is -2.31. The van der Waals surface area contributed by atoms with Crippen LogP contribution in [0.2, 0.25) is 0 Å². The molecule has 28 heavy (non-hydrogen) atoms. The van der Waals surface area contributed by atoms with Gasteiger partial charge in [0.25, 0.3) is 0 Å². The molecule has 0 aromatic heterocycles. The Morgan fingerprint density at radius 3 is 2.61 bits per heavy atom. The van der Waals surface area contributed by atoms with Crippen molar-refractivity contribution in [1.82, 2.24) is 4.90 Å². The van der Waals surface area contributed by atoms with Crippen LogP contribution in [0.3, 0.4) is 0 Å². The summed E-state index contributed by atoms with van der Waals surface area (Å²) in [4.78, 5) is 39.2. The molecule has 6 heteroatoms. The van der Waals surface area contributed by atoms with E-state index in [1.165, 1.54) is 7.11 Å². The lowest BCUT2D eigenvalue weighted by Crippen LogP contribution is -2.36. The van der Waals surface area contributed by atoms with Crippen molar-refractivity contribution in [3.63, 3.8) is 0 Å². The van der Waals surface area contributed by atoms with Crippen molar-refractivity contribution in [2.24, 2.45) is 0 Å². The molecule has 2 aliphatic rings. The van der Waals surface area contributed by atoms with E-state index < -0.39 is 5.97 Å². The van der Waals surface area contributed by atoms with E-state index in [2.05, 4.69) is 4.90 Å².